The van der Waals surface area contributed by atoms with Gasteiger partial charge in [0.15, 0.2) is 0 Å². The molecule has 0 fully saturated rings. The molecule has 6 heteroatoms. The van der Waals surface area contributed by atoms with E-state index in [1.165, 1.54) is 10.9 Å². The Bertz CT molecular complexity index is 1670. The molecule has 5 aromatic rings. The van der Waals surface area contributed by atoms with E-state index in [0.717, 1.165) is 34.1 Å². The van der Waals surface area contributed by atoms with E-state index in [0.29, 0.717) is 29.5 Å². The maximum absolute atomic E-state index is 13.7. The lowest BCUT2D eigenvalue weighted by atomic mass is 10.1. The summed E-state index contributed by atoms with van der Waals surface area (Å²) in [5, 5.41) is 2.85. The number of nitrogens with one attached hydrogen (secondary N) is 1. The number of H-pyrrole nitrogens is 1. The number of amidine groups is 1. The van der Waals surface area contributed by atoms with E-state index in [2.05, 4.69) is 46.9 Å². The standard InChI is InChI=1S/C30H25ClN4O/c1-2-34-19-21(23-10-5-8-14-28(23)34)17-27-30(36)35(29(33-27)24-11-3-6-12-25(24)31)16-15-20-18-32-26-13-7-4-9-22(20)26/h3-14,17-19,32H,2,15-16H2,1H3. The van der Waals surface area contributed by atoms with Crippen LogP contribution in [0.3, 0.4) is 0 Å². The number of amides is 1. The molecule has 1 amide bonds. The number of carbonyl (C=O) groups excluding carboxylic acids is 1. The molecule has 178 valence electrons. The van der Waals surface area contributed by atoms with Gasteiger partial charge in [0.1, 0.15) is 11.5 Å². The molecule has 0 saturated carbocycles. The summed E-state index contributed by atoms with van der Waals surface area (Å²) in [6, 6.07) is 24.0. The predicted octanol–water partition coefficient (Wildman–Crippen LogP) is 6.67. The van der Waals surface area contributed by atoms with E-state index < -0.39 is 0 Å². The van der Waals surface area contributed by atoms with Gasteiger partial charge in [0.25, 0.3) is 5.91 Å². The van der Waals surface area contributed by atoms with Gasteiger partial charge in [-0.2, -0.15) is 0 Å². The molecule has 0 bridgehead atoms. The third kappa shape index (κ3) is 3.82. The smallest absolute Gasteiger partial charge is 0.278 e. The van der Waals surface area contributed by atoms with Crippen LogP contribution in [0.4, 0.5) is 0 Å². The Morgan fingerprint density at radius 2 is 1.72 bits per heavy atom. The number of rotatable bonds is 6. The van der Waals surface area contributed by atoms with E-state index in [1.54, 1.807) is 4.90 Å². The number of aromatic amines is 1. The van der Waals surface area contributed by atoms with Crippen LogP contribution in [0.15, 0.2) is 95.9 Å². The van der Waals surface area contributed by atoms with Crippen LogP contribution in [-0.2, 0) is 17.8 Å². The van der Waals surface area contributed by atoms with E-state index in [1.807, 2.05) is 60.8 Å². The molecule has 0 saturated heterocycles. The largest absolute Gasteiger partial charge is 0.361 e. The number of benzene rings is 3. The number of aromatic nitrogens is 2. The van der Waals surface area contributed by atoms with Gasteiger partial charge in [0.05, 0.1) is 5.02 Å². The molecular formula is C30H25ClN4O. The van der Waals surface area contributed by atoms with E-state index in [-0.39, 0.29) is 5.91 Å². The summed E-state index contributed by atoms with van der Waals surface area (Å²) in [7, 11) is 0. The fourth-order valence-corrected chi connectivity index (χ4v) is 5.20. The van der Waals surface area contributed by atoms with Gasteiger partial charge in [-0.3, -0.25) is 9.69 Å². The zero-order valence-corrected chi connectivity index (χ0v) is 20.7. The Morgan fingerprint density at radius 1 is 0.972 bits per heavy atom. The van der Waals surface area contributed by atoms with Crippen molar-refractivity contribution in [2.75, 3.05) is 6.54 Å². The van der Waals surface area contributed by atoms with Crippen molar-refractivity contribution < 1.29 is 4.79 Å². The van der Waals surface area contributed by atoms with E-state index in [4.69, 9.17) is 16.6 Å². The number of hydrogen-bond donors (Lipinski definition) is 1. The van der Waals surface area contributed by atoms with Crippen LogP contribution < -0.4 is 0 Å². The molecule has 0 aliphatic carbocycles. The zero-order valence-electron chi connectivity index (χ0n) is 19.9. The first-order valence-corrected chi connectivity index (χ1v) is 12.5. The van der Waals surface area contributed by atoms with Crippen molar-refractivity contribution in [1.29, 1.82) is 0 Å². The summed E-state index contributed by atoms with van der Waals surface area (Å²) in [4.78, 5) is 23.6. The van der Waals surface area contributed by atoms with Gasteiger partial charge in [0.2, 0.25) is 0 Å². The van der Waals surface area contributed by atoms with Crippen LogP contribution in [0.2, 0.25) is 5.02 Å². The Labute approximate surface area is 214 Å². The molecule has 0 atom stereocenters. The predicted molar refractivity (Wildman–Crippen MR) is 147 cm³/mol. The second-order valence-corrected chi connectivity index (χ2v) is 9.31. The topological polar surface area (TPSA) is 53.4 Å². The number of para-hydroxylation sites is 2. The number of halogens is 1. The Kier molecular flexibility index (Phi) is 5.70. The van der Waals surface area contributed by atoms with Gasteiger partial charge in [-0.25, -0.2) is 4.99 Å². The average molecular weight is 493 g/mol. The molecule has 6 rings (SSSR count). The third-order valence-corrected chi connectivity index (χ3v) is 7.12. The summed E-state index contributed by atoms with van der Waals surface area (Å²) in [6.45, 7) is 3.46. The van der Waals surface area contributed by atoms with Gasteiger partial charge < -0.3 is 9.55 Å². The van der Waals surface area contributed by atoms with Crippen LogP contribution in [0.5, 0.6) is 0 Å². The summed E-state index contributed by atoms with van der Waals surface area (Å²) >= 11 is 6.56. The van der Waals surface area contributed by atoms with Crippen molar-refractivity contribution >= 4 is 51.2 Å². The molecular weight excluding hydrogens is 468 g/mol. The van der Waals surface area contributed by atoms with Gasteiger partial charge in [-0.1, -0.05) is 60.1 Å². The van der Waals surface area contributed by atoms with Crippen molar-refractivity contribution in [3.05, 3.63) is 113 Å². The summed E-state index contributed by atoms with van der Waals surface area (Å²) in [5.74, 6) is 0.481. The van der Waals surface area contributed by atoms with Crippen molar-refractivity contribution in [3.63, 3.8) is 0 Å². The van der Waals surface area contributed by atoms with Crippen molar-refractivity contribution in [1.82, 2.24) is 14.5 Å². The number of nitrogens with zero attached hydrogens (tertiary/aromatic N) is 3. The quantitative estimate of drug-likeness (QED) is 0.264. The first kappa shape index (κ1) is 22.4. The van der Waals surface area contributed by atoms with Crippen LogP contribution in [0.25, 0.3) is 27.9 Å². The fraction of sp³-hybridized carbons (Fsp3) is 0.133. The second kappa shape index (κ2) is 9.17. The first-order chi connectivity index (χ1) is 17.6. The molecule has 5 nitrogen and oxygen atoms in total. The molecule has 36 heavy (non-hydrogen) atoms. The molecule has 1 N–H and O–H groups in total. The van der Waals surface area contributed by atoms with Gasteiger partial charge >= 0.3 is 0 Å². The summed E-state index contributed by atoms with van der Waals surface area (Å²) in [5.41, 5.74) is 5.56. The lowest BCUT2D eigenvalue weighted by Crippen LogP contribution is -2.34. The highest BCUT2D eigenvalue weighted by atomic mass is 35.5. The molecule has 0 unspecified atom stereocenters. The van der Waals surface area contributed by atoms with Gasteiger partial charge in [-0.05, 0) is 49.2 Å². The number of carbonyl (C=O) groups is 1. The van der Waals surface area contributed by atoms with Gasteiger partial charge in [-0.15, -0.1) is 0 Å². The Balaban J connectivity index is 1.40. The van der Waals surface area contributed by atoms with Gasteiger partial charge in [0, 0.05) is 58.4 Å². The van der Waals surface area contributed by atoms with E-state index >= 15 is 0 Å². The third-order valence-electron chi connectivity index (χ3n) is 6.79. The Hall–Kier alpha value is -4.09. The number of aliphatic imine (C=N–C) groups is 1. The maximum Gasteiger partial charge on any atom is 0.278 e. The number of fused-ring (bicyclic) bond motifs is 2. The fourth-order valence-electron chi connectivity index (χ4n) is 4.98. The lowest BCUT2D eigenvalue weighted by Gasteiger charge is -2.19. The van der Waals surface area contributed by atoms with Crippen LogP contribution >= 0.6 is 11.6 Å². The molecule has 0 radical (unpaired) electrons. The molecule has 1 aliphatic heterocycles. The summed E-state index contributed by atoms with van der Waals surface area (Å²) < 4.78 is 2.19. The minimum absolute atomic E-state index is 0.113. The molecule has 0 spiro atoms. The molecule has 3 heterocycles. The Morgan fingerprint density at radius 3 is 2.56 bits per heavy atom. The lowest BCUT2D eigenvalue weighted by molar-refractivity contribution is -0.122. The van der Waals surface area contributed by atoms with Crippen molar-refractivity contribution in [2.24, 2.45) is 4.99 Å². The van der Waals surface area contributed by atoms with E-state index in [9.17, 15) is 4.79 Å². The normalized spacial score (nSPS) is 14.9. The van der Waals surface area contributed by atoms with Crippen molar-refractivity contribution in [2.45, 2.75) is 19.9 Å². The highest BCUT2D eigenvalue weighted by Crippen LogP contribution is 2.29. The minimum atomic E-state index is -0.113. The maximum atomic E-state index is 13.7. The number of hydrogen-bond acceptors (Lipinski definition) is 2. The second-order valence-electron chi connectivity index (χ2n) is 8.90. The van der Waals surface area contributed by atoms with Crippen LogP contribution in [-0.4, -0.2) is 32.7 Å². The zero-order chi connectivity index (χ0) is 24.6. The average Bonchev–Trinajstić information content (AvgIpc) is 3.57. The number of aryl methyl sites for hydroxylation is 1. The SMILES string of the molecule is CCn1cc(C=C2N=C(c3ccccc3Cl)N(CCc3c[nH]c4ccccc34)C2=O)c2ccccc21. The molecule has 1 aliphatic rings. The minimum Gasteiger partial charge on any atom is -0.361 e. The first-order valence-electron chi connectivity index (χ1n) is 12.1. The highest BCUT2D eigenvalue weighted by molar-refractivity contribution is 6.35. The molecule has 3 aromatic carbocycles. The van der Waals surface area contributed by atoms with Crippen molar-refractivity contribution in [3.8, 4) is 0 Å². The monoisotopic (exact) mass is 492 g/mol. The summed E-state index contributed by atoms with van der Waals surface area (Å²) in [6.07, 6.45) is 6.71. The molecule has 2 aromatic heterocycles. The van der Waals surface area contributed by atoms with Crippen LogP contribution in [0, 0.1) is 0 Å². The highest BCUT2D eigenvalue weighted by Gasteiger charge is 2.32. The van der Waals surface area contributed by atoms with Crippen LogP contribution in [0.1, 0.15) is 23.6 Å².